The van der Waals surface area contributed by atoms with Gasteiger partial charge in [0.2, 0.25) is 0 Å². The number of hydrogen-bond donors (Lipinski definition) is 0. The van der Waals surface area contributed by atoms with E-state index in [2.05, 4.69) is 11.8 Å². The second-order valence-electron chi connectivity index (χ2n) is 4.21. The maximum Gasteiger partial charge on any atom is 0.123 e. The molecule has 1 aliphatic heterocycles. The quantitative estimate of drug-likeness (QED) is 0.781. The summed E-state index contributed by atoms with van der Waals surface area (Å²) < 4.78 is 18.5. The Hall–Kier alpha value is -0.930. The molecule has 2 rings (SSSR count). The van der Waals surface area contributed by atoms with Crippen molar-refractivity contribution in [2.75, 3.05) is 26.2 Å². The molecule has 0 aliphatic carbocycles. The van der Waals surface area contributed by atoms with E-state index in [0.717, 1.165) is 38.2 Å². The fourth-order valence-corrected chi connectivity index (χ4v) is 2.10. The molecular weight excluding hydrogens is 205 g/mol. The molecule has 0 bridgehead atoms. The SMILES string of the molecule is CCCN1CCOC(c2ccc(F)cc2)C1. The standard InChI is InChI=1S/C13H18FNO/c1-2-7-15-8-9-16-13(10-15)11-3-5-12(14)6-4-11/h3-6,13H,2,7-10H2,1H3. The van der Waals surface area contributed by atoms with Crippen LogP contribution in [0.2, 0.25) is 0 Å². The Morgan fingerprint density at radius 3 is 2.81 bits per heavy atom. The number of benzene rings is 1. The third-order valence-electron chi connectivity index (χ3n) is 2.93. The minimum Gasteiger partial charge on any atom is -0.371 e. The summed E-state index contributed by atoms with van der Waals surface area (Å²) in [4.78, 5) is 2.40. The zero-order valence-corrected chi connectivity index (χ0v) is 9.66. The largest absolute Gasteiger partial charge is 0.371 e. The van der Waals surface area contributed by atoms with Crippen LogP contribution in [0.1, 0.15) is 25.0 Å². The number of ether oxygens (including phenoxy) is 1. The lowest BCUT2D eigenvalue weighted by atomic mass is 10.1. The Labute approximate surface area is 96.0 Å². The van der Waals surface area contributed by atoms with Crippen LogP contribution in [0.25, 0.3) is 0 Å². The van der Waals surface area contributed by atoms with Gasteiger partial charge in [0.25, 0.3) is 0 Å². The summed E-state index contributed by atoms with van der Waals surface area (Å²) in [6.45, 7) is 5.98. The Morgan fingerprint density at radius 2 is 2.12 bits per heavy atom. The minimum absolute atomic E-state index is 0.0981. The van der Waals surface area contributed by atoms with Gasteiger partial charge in [-0.05, 0) is 30.7 Å². The van der Waals surface area contributed by atoms with Gasteiger partial charge in [0, 0.05) is 13.1 Å². The summed E-state index contributed by atoms with van der Waals surface area (Å²) in [6, 6.07) is 6.62. The van der Waals surface area contributed by atoms with Crippen LogP contribution < -0.4 is 0 Å². The smallest absolute Gasteiger partial charge is 0.123 e. The molecule has 1 aromatic carbocycles. The molecule has 2 nitrogen and oxygen atoms in total. The highest BCUT2D eigenvalue weighted by Gasteiger charge is 2.21. The Morgan fingerprint density at radius 1 is 1.38 bits per heavy atom. The number of hydrogen-bond acceptors (Lipinski definition) is 2. The predicted molar refractivity (Wildman–Crippen MR) is 61.8 cm³/mol. The van der Waals surface area contributed by atoms with Crippen molar-refractivity contribution in [1.29, 1.82) is 0 Å². The van der Waals surface area contributed by atoms with Crippen molar-refractivity contribution in [2.24, 2.45) is 0 Å². The van der Waals surface area contributed by atoms with Crippen LogP contribution in [0.4, 0.5) is 4.39 Å². The Bertz CT molecular complexity index is 323. The summed E-state index contributed by atoms with van der Waals surface area (Å²) in [5.41, 5.74) is 1.07. The van der Waals surface area contributed by atoms with E-state index in [1.807, 2.05) is 12.1 Å². The molecule has 1 aromatic rings. The first-order valence-corrected chi connectivity index (χ1v) is 5.89. The van der Waals surface area contributed by atoms with E-state index in [1.54, 1.807) is 0 Å². The molecule has 1 atom stereocenters. The molecule has 1 heterocycles. The second kappa shape index (κ2) is 5.41. The van der Waals surface area contributed by atoms with Crippen LogP contribution in [0.3, 0.4) is 0 Å². The van der Waals surface area contributed by atoms with Crippen LogP contribution in [0, 0.1) is 5.82 Å². The number of nitrogens with zero attached hydrogens (tertiary/aromatic N) is 1. The van der Waals surface area contributed by atoms with Gasteiger partial charge in [-0.2, -0.15) is 0 Å². The van der Waals surface area contributed by atoms with E-state index in [-0.39, 0.29) is 11.9 Å². The third kappa shape index (κ3) is 2.80. The summed E-state index contributed by atoms with van der Waals surface area (Å²) in [7, 11) is 0. The highest BCUT2D eigenvalue weighted by molar-refractivity contribution is 5.19. The molecule has 0 aromatic heterocycles. The maximum absolute atomic E-state index is 12.8. The first-order valence-electron chi connectivity index (χ1n) is 5.89. The molecule has 1 aliphatic rings. The van der Waals surface area contributed by atoms with Crippen molar-refractivity contribution >= 4 is 0 Å². The summed E-state index contributed by atoms with van der Waals surface area (Å²) >= 11 is 0. The van der Waals surface area contributed by atoms with Crippen LogP contribution >= 0.6 is 0 Å². The van der Waals surface area contributed by atoms with Gasteiger partial charge in [-0.15, -0.1) is 0 Å². The van der Waals surface area contributed by atoms with Crippen molar-refractivity contribution in [2.45, 2.75) is 19.4 Å². The van der Waals surface area contributed by atoms with Gasteiger partial charge >= 0.3 is 0 Å². The van der Waals surface area contributed by atoms with Crippen LogP contribution in [-0.2, 0) is 4.74 Å². The second-order valence-corrected chi connectivity index (χ2v) is 4.21. The Balaban J connectivity index is 2.01. The third-order valence-corrected chi connectivity index (χ3v) is 2.93. The molecule has 88 valence electrons. The van der Waals surface area contributed by atoms with Gasteiger partial charge in [-0.3, -0.25) is 4.90 Å². The first-order chi connectivity index (χ1) is 7.79. The van der Waals surface area contributed by atoms with E-state index in [4.69, 9.17) is 4.74 Å². The van der Waals surface area contributed by atoms with Crippen molar-refractivity contribution in [3.8, 4) is 0 Å². The number of morpholine rings is 1. The monoisotopic (exact) mass is 223 g/mol. The lowest BCUT2D eigenvalue weighted by Gasteiger charge is -2.32. The molecule has 16 heavy (non-hydrogen) atoms. The van der Waals surface area contributed by atoms with Crippen LogP contribution in [0.5, 0.6) is 0 Å². The lowest BCUT2D eigenvalue weighted by Crippen LogP contribution is -2.38. The minimum atomic E-state index is -0.190. The van der Waals surface area contributed by atoms with Gasteiger partial charge in [0.05, 0.1) is 12.7 Å². The van der Waals surface area contributed by atoms with Crippen LogP contribution in [0.15, 0.2) is 24.3 Å². The van der Waals surface area contributed by atoms with E-state index < -0.39 is 0 Å². The summed E-state index contributed by atoms with van der Waals surface area (Å²) in [6.07, 6.45) is 1.26. The highest BCUT2D eigenvalue weighted by Crippen LogP contribution is 2.22. The van der Waals surface area contributed by atoms with Gasteiger partial charge in [0.1, 0.15) is 5.82 Å². The van der Waals surface area contributed by atoms with E-state index in [9.17, 15) is 4.39 Å². The van der Waals surface area contributed by atoms with E-state index in [0.29, 0.717) is 0 Å². The highest BCUT2D eigenvalue weighted by atomic mass is 19.1. The molecule has 1 fully saturated rings. The van der Waals surface area contributed by atoms with E-state index in [1.165, 1.54) is 12.1 Å². The van der Waals surface area contributed by atoms with Crippen molar-refractivity contribution in [3.05, 3.63) is 35.6 Å². The lowest BCUT2D eigenvalue weighted by molar-refractivity contribution is -0.0298. The molecule has 3 heteroatoms. The Kier molecular flexibility index (Phi) is 3.91. The normalized spacial score (nSPS) is 22.2. The van der Waals surface area contributed by atoms with Gasteiger partial charge in [-0.1, -0.05) is 19.1 Å². The van der Waals surface area contributed by atoms with Crippen LogP contribution in [-0.4, -0.2) is 31.1 Å². The molecular formula is C13H18FNO. The van der Waals surface area contributed by atoms with Crippen molar-refractivity contribution in [1.82, 2.24) is 4.90 Å². The molecule has 0 spiro atoms. The van der Waals surface area contributed by atoms with Gasteiger partial charge in [-0.25, -0.2) is 4.39 Å². The fourth-order valence-electron chi connectivity index (χ4n) is 2.10. The topological polar surface area (TPSA) is 12.5 Å². The molecule has 0 radical (unpaired) electrons. The zero-order chi connectivity index (χ0) is 11.4. The molecule has 1 saturated heterocycles. The average Bonchev–Trinajstić information content (AvgIpc) is 2.31. The van der Waals surface area contributed by atoms with Gasteiger partial charge < -0.3 is 4.74 Å². The number of halogens is 1. The number of rotatable bonds is 3. The molecule has 1 unspecified atom stereocenters. The van der Waals surface area contributed by atoms with Gasteiger partial charge in [0.15, 0.2) is 0 Å². The van der Waals surface area contributed by atoms with E-state index >= 15 is 0 Å². The molecule has 0 saturated carbocycles. The average molecular weight is 223 g/mol. The first kappa shape index (κ1) is 11.6. The fraction of sp³-hybridized carbons (Fsp3) is 0.538. The van der Waals surface area contributed by atoms with Crippen molar-refractivity contribution < 1.29 is 9.13 Å². The van der Waals surface area contributed by atoms with Crippen molar-refractivity contribution in [3.63, 3.8) is 0 Å². The zero-order valence-electron chi connectivity index (χ0n) is 9.66. The molecule has 0 N–H and O–H groups in total. The summed E-state index contributed by atoms with van der Waals surface area (Å²) in [5, 5.41) is 0. The predicted octanol–water partition coefficient (Wildman–Crippen LogP) is 2.61. The summed E-state index contributed by atoms with van der Waals surface area (Å²) in [5.74, 6) is -0.190. The maximum atomic E-state index is 12.8. The molecule has 0 amide bonds.